The molecule has 60 valence electrons. The maximum atomic E-state index is 10.3. The number of hydrogen-bond acceptors (Lipinski definition) is 5. The van der Waals surface area contributed by atoms with E-state index in [2.05, 4.69) is 9.36 Å². The molecule has 0 radical (unpaired) electrons. The lowest BCUT2D eigenvalue weighted by Gasteiger charge is -1.82. The summed E-state index contributed by atoms with van der Waals surface area (Å²) < 4.78 is 3.97. The molecule has 2 aromatic rings. The molecule has 0 aromatic carbocycles. The molecular weight excluding hydrogens is 192 g/mol. The third kappa shape index (κ3) is 1.28. The zero-order chi connectivity index (χ0) is 8.39. The molecule has 5 heteroatoms. The number of thiazole rings is 1. The van der Waals surface area contributed by atoms with Gasteiger partial charge in [0.1, 0.15) is 0 Å². The van der Waals surface area contributed by atoms with Crippen molar-refractivity contribution in [2.45, 2.75) is 0 Å². The van der Waals surface area contributed by atoms with Crippen molar-refractivity contribution < 1.29 is 4.79 Å². The second-order valence-electron chi connectivity index (χ2n) is 2.06. The van der Waals surface area contributed by atoms with Crippen LogP contribution in [0, 0.1) is 0 Å². The second-order valence-corrected chi connectivity index (χ2v) is 3.95. The van der Waals surface area contributed by atoms with Gasteiger partial charge < -0.3 is 0 Å². The maximum Gasteiger partial charge on any atom is 0.178 e. The lowest BCUT2D eigenvalue weighted by atomic mass is 10.4. The van der Waals surface area contributed by atoms with Gasteiger partial charge in [-0.3, -0.25) is 4.79 Å². The van der Waals surface area contributed by atoms with Gasteiger partial charge in [-0.25, -0.2) is 9.36 Å². The standard InChI is InChI=1S/C7H4N2OS2/c10-4-7-8-3-6(11-7)5-1-2-9-12-5/h1-4H. The van der Waals surface area contributed by atoms with Crippen LogP contribution >= 0.6 is 22.9 Å². The highest BCUT2D eigenvalue weighted by atomic mass is 32.1. The summed E-state index contributed by atoms with van der Waals surface area (Å²) in [6.07, 6.45) is 4.19. The van der Waals surface area contributed by atoms with Crippen LogP contribution in [0.25, 0.3) is 9.75 Å². The van der Waals surface area contributed by atoms with Crippen LogP contribution in [0.4, 0.5) is 0 Å². The fourth-order valence-electron chi connectivity index (χ4n) is 0.799. The molecule has 0 bridgehead atoms. The average Bonchev–Trinajstić information content (AvgIpc) is 2.75. The minimum Gasteiger partial charge on any atom is -0.295 e. The van der Waals surface area contributed by atoms with Gasteiger partial charge in [-0.15, -0.1) is 11.3 Å². The zero-order valence-electron chi connectivity index (χ0n) is 5.93. The molecule has 2 aromatic heterocycles. The van der Waals surface area contributed by atoms with Crippen LogP contribution in [0.15, 0.2) is 18.5 Å². The van der Waals surface area contributed by atoms with Crippen molar-refractivity contribution in [1.82, 2.24) is 9.36 Å². The molecule has 0 spiro atoms. The van der Waals surface area contributed by atoms with E-state index in [0.717, 1.165) is 16.0 Å². The number of aldehydes is 1. The quantitative estimate of drug-likeness (QED) is 0.691. The van der Waals surface area contributed by atoms with Gasteiger partial charge in [-0.2, -0.15) is 0 Å². The van der Waals surface area contributed by atoms with E-state index in [0.29, 0.717) is 5.01 Å². The molecule has 12 heavy (non-hydrogen) atoms. The molecule has 0 aliphatic carbocycles. The molecule has 2 heterocycles. The van der Waals surface area contributed by atoms with Crippen molar-refractivity contribution in [3.05, 3.63) is 23.5 Å². The first-order valence-electron chi connectivity index (χ1n) is 3.22. The Bertz CT molecular complexity index is 380. The number of hydrogen-bond donors (Lipinski definition) is 0. The second kappa shape index (κ2) is 3.12. The van der Waals surface area contributed by atoms with Gasteiger partial charge >= 0.3 is 0 Å². The molecule has 0 atom stereocenters. The third-order valence-electron chi connectivity index (χ3n) is 1.31. The van der Waals surface area contributed by atoms with E-state index in [1.807, 2.05) is 6.07 Å². The van der Waals surface area contributed by atoms with Crippen LogP contribution in [0.5, 0.6) is 0 Å². The first-order chi connectivity index (χ1) is 5.90. The van der Waals surface area contributed by atoms with Crippen molar-refractivity contribution in [1.29, 1.82) is 0 Å². The number of carbonyl (C=O) groups excluding carboxylic acids is 1. The summed E-state index contributed by atoms with van der Waals surface area (Å²) in [6.45, 7) is 0. The SMILES string of the molecule is O=Cc1ncc(-c2ccns2)s1. The maximum absolute atomic E-state index is 10.3. The molecule has 0 aliphatic heterocycles. The van der Waals surface area contributed by atoms with E-state index in [-0.39, 0.29) is 0 Å². The number of carbonyl (C=O) groups is 1. The summed E-state index contributed by atoms with van der Waals surface area (Å²) in [4.78, 5) is 16.3. The Balaban J connectivity index is 2.41. The summed E-state index contributed by atoms with van der Waals surface area (Å²) in [7, 11) is 0. The van der Waals surface area contributed by atoms with E-state index < -0.39 is 0 Å². The third-order valence-corrected chi connectivity index (χ3v) is 3.17. The fourth-order valence-corrected chi connectivity index (χ4v) is 2.19. The van der Waals surface area contributed by atoms with Crippen LogP contribution in [0.2, 0.25) is 0 Å². The summed E-state index contributed by atoms with van der Waals surface area (Å²) >= 11 is 2.79. The number of nitrogens with zero attached hydrogens (tertiary/aromatic N) is 2. The van der Waals surface area contributed by atoms with Gasteiger partial charge in [0.25, 0.3) is 0 Å². The average molecular weight is 196 g/mol. The largest absolute Gasteiger partial charge is 0.295 e. The van der Waals surface area contributed by atoms with Gasteiger partial charge in [0.15, 0.2) is 11.3 Å². The summed E-state index contributed by atoms with van der Waals surface area (Å²) in [5.74, 6) is 0. The van der Waals surface area contributed by atoms with Crippen molar-refractivity contribution in [3.63, 3.8) is 0 Å². The normalized spacial score (nSPS) is 10.0. The van der Waals surface area contributed by atoms with E-state index in [1.165, 1.54) is 22.9 Å². The van der Waals surface area contributed by atoms with Crippen LogP contribution < -0.4 is 0 Å². The van der Waals surface area contributed by atoms with Gasteiger partial charge in [0, 0.05) is 12.4 Å². The van der Waals surface area contributed by atoms with Crippen molar-refractivity contribution in [3.8, 4) is 9.75 Å². The Morgan fingerprint density at radius 2 is 2.33 bits per heavy atom. The number of rotatable bonds is 2. The topological polar surface area (TPSA) is 42.9 Å². The molecular formula is C7H4N2OS2. The monoisotopic (exact) mass is 196 g/mol. The van der Waals surface area contributed by atoms with Crippen LogP contribution in [0.3, 0.4) is 0 Å². The Hall–Kier alpha value is -1.07. The lowest BCUT2D eigenvalue weighted by Crippen LogP contribution is -1.69. The van der Waals surface area contributed by atoms with E-state index >= 15 is 0 Å². The Labute approximate surface area is 76.9 Å². The summed E-state index contributed by atoms with van der Waals surface area (Å²) in [5.41, 5.74) is 0. The van der Waals surface area contributed by atoms with Crippen LogP contribution in [-0.4, -0.2) is 15.6 Å². The Morgan fingerprint density at radius 1 is 1.42 bits per heavy atom. The molecule has 3 nitrogen and oxygen atoms in total. The Kier molecular flexibility index (Phi) is 1.97. The zero-order valence-corrected chi connectivity index (χ0v) is 7.56. The van der Waals surface area contributed by atoms with E-state index in [9.17, 15) is 4.79 Å². The first-order valence-corrected chi connectivity index (χ1v) is 4.81. The molecule has 0 aliphatic rings. The fraction of sp³-hybridized carbons (Fsp3) is 0. The number of aromatic nitrogens is 2. The molecule has 0 saturated heterocycles. The summed E-state index contributed by atoms with van der Waals surface area (Å²) in [6, 6.07) is 1.91. The van der Waals surface area contributed by atoms with Gasteiger partial charge in [0.05, 0.1) is 9.75 Å². The van der Waals surface area contributed by atoms with Crippen LogP contribution in [-0.2, 0) is 0 Å². The molecule has 2 rings (SSSR count). The van der Waals surface area contributed by atoms with Crippen molar-refractivity contribution in [2.75, 3.05) is 0 Å². The minimum absolute atomic E-state index is 0.512. The highest BCUT2D eigenvalue weighted by molar-refractivity contribution is 7.20. The highest BCUT2D eigenvalue weighted by Crippen LogP contribution is 2.27. The van der Waals surface area contributed by atoms with Gasteiger partial charge in [0.2, 0.25) is 0 Å². The predicted octanol–water partition coefficient (Wildman–Crippen LogP) is 2.08. The van der Waals surface area contributed by atoms with Gasteiger partial charge in [-0.05, 0) is 17.6 Å². The van der Waals surface area contributed by atoms with Crippen molar-refractivity contribution >= 4 is 29.2 Å². The molecule has 0 fully saturated rings. The van der Waals surface area contributed by atoms with Gasteiger partial charge in [-0.1, -0.05) is 0 Å². The minimum atomic E-state index is 0.512. The van der Waals surface area contributed by atoms with Crippen LogP contribution in [0.1, 0.15) is 9.80 Å². The van der Waals surface area contributed by atoms with E-state index in [1.54, 1.807) is 12.4 Å². The first kappa shape index (κ1) is 7.57. The summed E-state index contributed by atoms with van der Waals surface area (Å²) in [5, 5.41) is 0.512. The molecule has 0 saturated carbocycles. The highest BCUT2D eigenvalue weighted by Gasteiger charge is 2.03. The lowest BCUT2D eigenvalue weighted by molar-refractivity contribution is 0.112. The van der Waals surface area contributed by atoms with E-state index in [4.69, 9.17) is 0 Å². The molecule has 0 N–H and O–H groups in total. The predicted molar refractivity (Wildman–Crippen MR) is 48.6 cm³/mol. The smallest absolute Gasteiger partial charge is 0.178 e. The molecule has 0 unspecified atom stereocenters. The Morgan fingerprint density at radius 3 is 2.92 bits per heavy atom. The molecule has 0 amide bonds. The van der Waals surface area contributed by atoms with Crippen molar-refractivity contribution in [2.24, 2.45) is 0 Å².